The number of hydrogen-bond acceptors (Lipinski definition) is 4. The minimum atomic E-state index is -4.04. The molecule has 5 nitrogen and oxygen atoms in total. The van der Waals surface area contributed by atoms with Crippen LogP contribution in [0.15, 0.2) is 41.3 Å². The Bertz CT molecular complexity index is 847. The maximum Gasteiger partial charge on any atom is 0.262 e. The molecule has 0 fully saturated rings. The lowest BCUT2D eigenvalue weighted by Crippen LogP contribution is -2.23. The van der Waals surface area contributed by atoms with Crippen LogP contribution < -0.4 is 9.83 Å². The molecule has 2 aromatic carbocycles. The molecular formula is C15H13FNO4S-. The van der Waals surface area contributed by atoms with E-state index >= 15 is 0 Å². The number of carboxylic acids is 1. The third kappa shape index (κ3) is 3.25. The number of rotatable bonds is 4. The Morgan fingerprint density at radius 2 is 1.73 bits per heavy atom. The fraction of sp³-hybridized carbons (Fsp3) is 0.133. The summed E-state index contributed by atoms with van der Waals surface area (Å²) in [5, 5.41) is 10.9. The number of hydrogen-bond donors (Lipinski definition) is 1. The second-order valence-electron chi connectivity index (χ2n) is 4.84. The van der Waals surface area contributed by atoms with Crippen molar-refractivity contribution in [2.24, 2.45) is 0 Å². The van der Waals surface area contributed by atoms with Crippen molar-refractivity contribution in [3.05, 3.63) is 58.9 Å². The minimum absolute atomic E-state index is 0.0568. The maximum atomic E-state index is 13.5. The van der Waals surface area contributed by atoms with Gasteiger partial charge in [-0.3, -0.25) is 4.72 Å². The highest BCUT2D eigenvalue weighted by Gasteiger charge is 2.18. The Labute approximate surface area is 127 Å². The molecule has 0 spiro atoms. The number of nitrogens with one attached hydrogen (secondary N) is 1. The number of sulfonamides is 1. The predicted molar refractivity (Wildman–Crippen MR) is 77.5 cm³/mol. The van der Waals surface area contributed by atoms with Crippen LogP contribution >= 0.6 is 0 Å². The van der Waals surface area contributed by atoms with Gasteiger partial charge in [0.2, 0.25) is 0 Å². The van der Waals surface area contributed by atoms with E-state index in [1.165, 1.54) is 31.2 Å². The molecule has 22 heavy (non-hydrogen) atoms. The number of anilines is 1. The Kier molecular flexibility index (Phi) is 4.18. The van der Waals surface area contributed by atoms with E-state index in [2.05, 4.69) is 4.72 Å². The van der Waals surface area contributed by atoms with Crippen molar-refractivity contribution >= 4 is 21.7 Å². The molecule has 2 aromatic rings. The Balaban J connectivity index is 2.44. The van der Waals surface area contributed by atoms with Crippen molar-refractivity contribution in [1.82, 2.24) is 0 Å². The standard InChI is InChI=1S/C15H14FNO4S/c1-9-4-6-12(8-13(9)16)17-22(20,21)14-7-11(15(18)19)5-3-10(14)2/h3-8,17H,1-2H3,(H,18,19)/p-1. The van der Waals surface area contributed by atoms with Gasteiger partial charge in [0, 0.05) is 0 Å². The third-order valence-corrected chi connectivity index (χ3v) is 4.66. The molecule has 0 aliphatic carbocycles. The molecule has 0 radical (unpaired) electrons. The van der Waals surface area contributed by atoms with Gasteiger partial charge in [-0.15, -0.1) is 0 Å². The molecular weight excluding hydrogens is 309 g/mol. The first kappa shape index (κ1) is 16.0. The monoisotopic (exact) mass is 322 g/mol. The summed E-state index contributed by atoms with van der Waals surface area (Å²) in [6.45, 7) is 3.09. The van der Waals surface area contributed by atoms with Crippen LogP contribution in [0.1, 0.15) is 21.5 Å². The molecule has 1 N–H and O–H groups in total. The molecule has 116 valence electrons. The average Bonchev–Trinajstić information content (AvgIpc) is 2.42. The number of benzene rings is 2. The Hall–Kier alpha value is -2.41. The van der Waals surface area contributed by atoms with Crippen LogP contribution in [0.4, 0.5) is 10.1 Å². The lowest BCUT2D eigenvalue weighted by molar-refractivity contribution is -0.255. The minimum Gasteiger partial charge on any atom is -0.545 e. The van der Waals surface area contributed by atoms with Gasteiger partial charge in [-0.05, 0) is 48.7 Å². The number of carbonyl (C=O) groups excluding carboxylic acids is 1. The van der Waals surface area contributed by atoms with Crippen molar-refractivity contribution in [3.63, 3.8) is 0 Å². The van der Waals surface area contributed by atoms with Gasteiger partial charge in [0.1, 0.15) is 5.82 Å². The normalized spacial score (nSPS) is 11.2. The average molecular weight is 322 g/mol. The molecule has 7 heteroatoms. The van der Waals surface area contributed by atoms with Crippen LogP contribution in [-0.2, 0) is 10.0 Å². The van der Waals surface area contributed by atoms with Gasteiger partial charge in [-0.1, -0.05) is 18.2 Å². The van der Waals surface area contributed by atoms with Gasteiger partial charge in [0.25, 0.3) is 10.0 Å². The van der Waals surface area contributed by atoms with Gasteiger partial charge in [0.15, 0.2) is 0 Å². The summed E-state index contributed by atoms with van der Waals surface area (Å²) in [7, 11) is -4.04. The van der Waals surface area contributed by atoms with Crippen molar-refractivity contribution in [2.75, 3.05) is 4.72 Å². The third-order valence-electron chi connectivity index (χ3n) is 3.14. The summed E-state index contributed by atoms with van der Waals surface area (Å²) in [6, 6.07) is 7.57. The van der Waals surface area contributed by atoms with Gasteiger partial charge in [-0.25, -0.2) is 12.8 Å². The van der Waals surface area contributed by atoms with E-state index in [-0.39, 0.29) is 16.1 Å². The predicted octanol–water partition coefficient (Wildman–Crippen LogP) is 1.61. The van der Waals surface area contributed by atoms with Crippen molar-refractivity contribution < 1.29 is 22.7 Å². The lowest BCUT2D eigenvalue weighted by atomic mass is 10.1. The van der Waals surface area contributed by atoms with Gasteiger partial charge in [0.05, 0.1) is 16.6 Å². The zero-order valence-electron chi connectivity index (χ0n) is 11.9. The molecule has 0 amide bonds. The van der Waals surface area contributed by atoms with E-state index < -0.39 is 21.8 Å². The number of halogens is 1. The number of aryl methyl sites for hydroxylation is 2. The summed E-state index contributed by atoms with van der Waals surface area (Å²) < 4.78 is 40.4. The quantitative estimate of drug-likeness (QED) is 0.926. The van der Waals surface area contributed by atoms with E-state index in [4.69, 9.17) is 0 Å². The van der Waals surface area contributed by atoms with E-state index in [9.17, 15) is 22.7 Å². The van der Waals surface area contributed by atoms with Crippen molar-refractivity contribution in [1.29, 1.82) is 0 Å². The first-order valence-electron chi connectivity index (χ1n) is 6.31. The first-order valence-corrected chi connectivity index (χ1v) is 7.80. The molecule has 0 heterocycles. The maximum absolute atomic E-state index is 13.5. The summed E-state index contributed by atoms with van der Waals surface area (Å²) in [4.78, 5) is 10.7. The molecule has 0 aliphatic heterocycles. The van der Waals surface area contributed by atoms with Gasteiger partial charge >= 0.3 is 0 Å². The fourth-order valence-electron chi connectivity index (χ4n) is 1.88. The molecule has 0 saturated carbocycles. The summed E-state index contributed by atoms with van der Waals surface area (Å²) in [5.41, 5.74) is 0.561. The highest BCUT2D eigenvalue weighted by atomic mass is 32.2. The molecule has 0 aromatic heterocycles. The number of aromatic carboxylic acids is 1. The van der Waals surface area contributed by atoms with Crippen LogP contribution in [0, 0.1) is 19.7 Å². The Morgan fingerprint density at radius 1 is 1.09 bits per heavy atom. The van der Waals surface area contributed by atoms with Crippen LogP contribution in [0.2, 0.25) is 0 Å². The zero-order chi connectivity index (χ0) is 16.5. The molecule has 0 unspecified atom stereocenters. The molecule has 2 rings (SSSR count). The number of carbonyl (C=O) groups is 1. The summed E-state index contributed by atoms with van der Waals surface area (Å²) in [6.07, 6.45) is 0. The second-order valence-corrected chi connectivity index (χ2v) is 6.49. The van der Waals surface area contributed by atoms with Crippen molar-refractivity contribution in [2.45, 2.75) is 18.7 Å². The van der Waals surface area contributed by atoms with Gasteiger partial charge in [-0.2, -0.15) is 0 Å². The van der Waals surface area contributed by atoms with Crippen LogP contribution in [0.5, 0.6) is 0 Å². The summed E-state index contributed by atoms with van der Waals surface area (Å²) in [5.74, 6) is -2.02. The lowest BCUT2D eigenvalue weighted by Gasteiger charge is -2.13. The second kappa shape index (κ2) is 5.76. The molecule has 0 atom stereocenters. The SMILES string of the molecule is Cc1ccc(NS(=O)(=O)c2cc(C(=O)[O-])ccc2C)cc1F. The summed E-state index contributed by atoms with van der Waals surface area (Å²) >= 11 is 0. The topological polar surface area (TPSA) is 86.3 Å². The molecule has 0 aliphatic rings. The molecule has 0 saturated heterocycles. The van der Waals surface area contributed by atoms with E-state index in [0.29, 0.717) is 11.1 Å². The van der Waals surface area contributed by atoms with E-state index in [1.54, 1.807) is 6.92 Å². The highest BCUT2D eigenvalue weighted by molar-refractivity contribution is 7.92. The fourth-order valence-corrected chi connectivity index (χ4v) is 3.20. The highest BCUT2D eigenvalue weighted by Crippen LogP contribution is 2.22. The van der Waals surface area contributed by atoms with Crippen LogP contribution in [0.3, 0.4) is 0 Å². The molecule has 0 bridgehead atoms. The van der Waals surface area contributed by atoms with E-state index in [1.807, 2.05) is 0 Å². The van der Waals surface area contributed by atoms with Crippen molar-refractivity contribution in [3.8, 4) is 0 Å². The smallest absolute Gasteiger partial charge is 0.262 e. The van der Waals surface area contributed by atoms with Crippen LogP contribution in [-0.4, -0.2) is 14.4 Å². The largest absolute Gasteiger partial charge is 0.545 e. The van der Waals surface area contributed by atoms with E-state index in [0.717, 1.165) is 12.1 Å². The van der Waals surface area contributed by atoms with Crippen LogP contribution in [0.25, 0.3) is 0 Å². The first-order chi connectivity index (χ1) is 10.2. The van der Waals surface area contributed by atoms with Gasteiger partial charge < -0.3 is 9.90 Å². The zero-order valence-corrected chi connectivity index (χ0v) is 12.7. The Morgan fingerprint density at radius 3 is 2.32 bits per heavy atom. The number of carboxylic acid groups (broad SMARTS) is 1.